The molecule has 1 aromatic heterocycles. The quantitative estimate of drug-likeness (QED) is 0.166. The predicted molar refractivity (Wildman–Crippen MR) is 235 cm³/mol. The molecule has 3 aliphatic carbocycles. The van der Waals surface area contributed by atoms with Gasteiger partial charge in [0, 0.05) is 5.56 Å². The van der Waals surface area contributed by atoms with Gasteiger partial charge in [0.2, 0.25) is 0 Å². The molecule has 11 rings (SSSR count). The Bertz CT molecular complexity index is 2810. The second-order valence-electron chi connectivity index (χ2n) is 15.8. The second-order valence-corrected chi connectivity index (χ2v) is 15.8. The second kappa shape index (κ2) is 13.1. The maximum Gasteiger partial charge on any atom is 0.0720 e. The first kappa shape index (κ1) is 33.5. The Labute approximate surface area is 335 Å². The lowest BCUT2D eigenvalue weighted by Gasteiger charge is -2.51. The summed E-state index contributed by atoms with van der Waals surface area (Å²) in [6.07, 6.45) is 5.72. The molecule has 0 bridgehead atoms. The first-order chi connectivity index (χ1) is 28.2. The van der Waals surface area contributed by atoms with Crippen LogP contribution in [0.1, 0.15) is 58.0 Å². The molecule has 57 heavy (non-hydrogen) atoms. The van der Waals surface area contributed by atoms with Gasteiger partial charge in [-0.25, -0.2) is 4.98 Å². The van der Waals surface area contributed by atoms with E-state index in [1.54, 1.807) is 0 Å². The minimum absolute atomic E-state index is 0.212. The Morgan fingerprint density at radius 1 is 0.421 bits per heavy atom. The summed E-state index contributed by atoms with van der Waals surface area (Å²) in [7, 11) is 0. The molecule has 0 N–H and O–H groups in total. The Morgan fingerprint density at radius 2 is 0.930 bits per heavy atom. The van der Waals surface area contributed by atoms with Gasteiger partial charge in [-0.05, 0) is 96.8 Å². The van der Waals surface area contributed by atoms with Crippen LogP contribution in [0.5, 0.6) is 0 Å². The monoisotopic (exact) mass is 727 g/mol. The number of allylic oxidation sites excluding steroid dienone is 4. The van der Waals surface area contributed by atoms with Crippen LogP contribution in [0.4, 0.5) is 0 Å². The van der Waals surface area contributed by atoms with Crippen molar-refractivity contribution in [1.29, 1.82) is 0 Å². The fourth-order valence-corrected chi connectivity index (χ4v) is 10.7. The van der Waals surface area contributed by atoms with E-state index in [4.69, 9.17) is 4.98 Å². The molecule has 1 nitrogen and oxygen atoms in total. The highest BCUT2D eigenvalue weighted by Crippen LogP contribution is 2.66. The molecule has 3 unspecified atom stereocenters. The zero-order chi connectivity index (χ0) is 38.0. The van der Waals surface area contributed by atoms with Crippen molar-refractivity contribution in [2.75, 3.05) is 0 Å². The normalized spacial score (nSPS) is 20.1. The molecule has 0 fully saturated rings. The third-order valence-corrected chi connectivity index (χ3v) is 12.9. The molecule has 7 aromatic carbocycles. The van der Waals surface area contributed by atoms with Gasteiger partial charge in [-0.3, -0.25) is 0 Å². The maximum atomic E-state index is 5.37. The van der Waals surface area contributed by atoms with Gasteiger partial charge in [0.05, 0.1) is 22.2 Å². The summed E-state index contributed by atoms with van der Waals surface area (Å²) in [6, 6.07) is 73.9. The molecule has 8 aromatic rings. The Morgan fingerprint density at radius 3 is 1.60 bits per heavy atom. The van der Waals surface area contributed by atoms with E-state index in [2.05, 4.69) is 219 Å². The molecule has 0 spiro atoms. The average molecular weight is 728 g/mol. The van der Waals surface area contributed by atoms with Gasteiger partial charge < -0.3 is 0 Å². The van der Waals surface area contributed by atoms with E-state index in [1.165, 1.54) is 72.3 Å². The lowest BCUT2D eigenvalue weighted by Crippen LogP contribution is -2.46. The molecular formula is C56H41N. The Hall–Kier alpha value is -6.83. The van der Waals surface area contributed by atoms with Crippen LogP contribution in [0.15, 0.2) is 218 Å². The third kappa shape index (κ3) is 4.85. The van der Waals surface area contributed by atoms with Crippen molar-refractivity contribution in [1.82, 2.24) is 4.98 Å². The van der Waals surface area contributed by atoms with Crippen LogP contribution in [0.3, 0.4) is 0 Å². The van der Waals surface area contributed by atoms with Crippen LogP contribution in [0, 0.1) is 5.92 Å². The van der Waals surface area contributed by atoms with Crippen LogP contribution in [0.2, 0.25) is 0 Å². The number of hydrogen-bond acceptors (Lipinski definition) is 1. The number of benzene rings is 7. The molecule has 3 atom stereocenters. The lowest BCUT2D eigenvalue weighted by molar-refractivity contribution is 0.540. The van der Waals surface area contributed by atoms with E-state index in [-0.39, 0.29) is 5.92 Å². The Balaban J connectivity index is 1.19. The molecule has 0 aliphatic heterocycles. The van der Waals surface area contributed by atoms with Gasteiger partial charge in [-0.2, -0.15) is 0 Å². The van der Waals surface area contributed by atoms with Crippen molar-refractivity contribution in [3.05, 3.63) is 263 Å². The topological polar surface area (TPSA) is 12.9 Å². The van der Waals surface area contributed by atoms with Crippen LogP contribution in [-0.2, 0) is 10.8 Å². The van der Waals surface area contributed by atoms with Gasteiger partial charge in [-0.15, -0.1) is 0 Å². The van der Waals surface area contributed by atoms with Crippen molar-refractivity contribution in [3.63, 3.8) is 0 Å². The standard InChI is InChI=1S/C56H41N/c1-38-35-41(53-37-42(39-19-6-2-7-20-39)36-52(57-53)40-21-8-3-9-22-40)33-34-47(38)55(43-23-10-4-11-24-43)49-30-16-17-31-50(49)56(44-25-12-5-13-26-44)48-29-15-14-27-45(48)46-28-18-32-51(55)54(46)56/h2-34,36-38H,35H2,1H3. The summed E-state index contributed by atoms with van der Waals surface area (Å²) in [6.45, 7) is 2.43. The smallest absolute Gasteiger partial charge is 0.0720 e. The molecule has 1 heteroatoms. The van der Waals surface area contributed by atoms with Crippen LogP contribution < -0.4 is 0 Å². The summed E-state index contributed by atoms with van der Waals surface area (Å²) in [4.78, 5) is 5.37. The number of aromatic nitrogens is 1. The molecule has 0 amide bonds. The summed E-state index contributed by atoms with van der Waals surface area (Å²) >= 11 is 0. The van der Waals surface area contributed by atoms with Gasteiger partial charge in [0.25, 0.3) is 0 Å². The largest absolute Gasteiger partial charge is 0.248 e. The van der Waals surface area contributed by atoms with E-state index in [1.807, 2.05) is 0 Å². The van der Waals surface area contributed by atoms with Crippen molar-refractivity contribution in [2.24, 2.45) is 5.92 Å². The zero-order valence-electron chi connectivity index (χ0n) is 31.9. The van der Waals surface area contributed by atoms with E-state index < -0.39 is 10.8 Å². The molecular weight excluding hydrogens is 687 g/mol. The maximum absolute atomic E-state index is 5.37. The summed E-state index contributed by atoms with van der Waals surface area (Å²) in [5.41, 5.74) is 19.3. The fraction of sp³-hybridized carbons (Fsp3) is 0.0893. The molecule has 0 saturated carbocycles. The van der Waals surface area contributed by atoms with Crippen molar-refractivity contribution < 1.29 is 0 Å². The molecule has 3 aliphatic rings. The average Bonchev–Trinajstić information content (AvgIpc) is 3.60. The lowest BCUT2D eigenvalue weighted by atomic mass is 9.50. The number of fused-ring (bicyclic) bond motifs is 5. The van der Waals surface area contributed by atoms with Crippen LogP contribution >= 0.6 is 0 Å². The minimum Gasteiger partial charge on any atom is -0.248 e. The SMILES string of the molecule is CC1CC(c2cc(-c3ccccc3)cc(-c3ccccc3)n2)=CC=C1C1(c2ccccc2)c2ccccc2C2(c3ccccc3)c3ccccc3-c3cccc1c32. The van der Waals surface area contributed by atoms with Crippen LogP contribution in [-0.4, -0.2) is 4.98 Å². The minimum atomic E-state index is -0.528. The highest BCUT2D eigenvalue weighted by Gasteiger charge is 2.58. The number of pyridine rings is 1. The highest BCUT2D eigenvalue weighted by molar-refractivity contribution is 5.92. The first-order valence-corrected chi connectivity index (χ1v) is 20.2. The van der Waals surface area contributed by atoms with E-state index >= 15 is 0 Å². The first-order valence-electron chi connectivity index (χ1n) is 20.2. The molecule has 270 valence electrons. The van der Waals surface area contributed by atoms with Crippen LogP contribution in [0.25, 0.3) is 39.1 Å². The highest BCUT2D eigenvalue weighted by atomic mass is 14.7. The van der Waals surface area contributed by atoms with Gasteiger partial charge in [-0.1, -0.05) is 207 Å². The summed E-state index contributed by atoms with van der Waals surface area (Å²) in [5.74, 6) is 0.212. The number of rotatable bonds is 6. The van der Waals surface area contributed by atoms with Gasteiger partial charge in [0.15, 0.2) is 0 Å². The molecule has 0 saturated heterocycles. The molecule has 0 radical (unpaired) electrons. The van der Waals surface area contributed by atoms with Gasteiger partial charge >= 0.3 is 0 Å². The van der Waals surface area contributed by atoms with Crippen molar-refractivity contribution >= 4 is 5.57 Å². The number of nitrogens with zero attached hydrogens (tertiary/aromatic N) is 1. The fourth-order valence-electron chi connectivity index (χ4n) is 10.7. The van der Waals surface area contributed by atoms with Gasteiger partial charge in [0.1, 0.15) is 0 Å². The third-order valence-electron chi connectivity index (χ3n) is 12.9. The molecule has 1 heterocycles. The zero-order valence-corrected chi connectivity index (χ0v) is 31.9. The van der Waals surface area contributed by atoms with Crippen molar-refractivity contribution in [2.45, 2.75) is 24.2 Å². The Kier molecular flexibility index (Phi) is 7.73. The number of hydrogen-bond donors (Lipinski definition) is 0. The predicted octanol–water partition coefficient (Wildman–Crippen LogP) is 13.5. The van der Waals surface area contributed by atoms with E-state index in [9.17, 15) is 0 Å². The van der Waals surface area contributed by atoms with Crippen molar-refractivity contribution in [3.8, 4) is 33.5 Å². The summed E-state index contributed by atoms with van der Waals surface area (Å²) in [5, 5.41) is 0. The summed E-state index contributed by atoms with van der Waals surface area (Å²) < 4.78 is 0. The van der Waals surface area contributed by atoms with E-state index in [0.29, 0.717) is 0 Å². The van der Waals surface area contributed by atoms with E-state index in [0.717, 1.165) is 23.4 Å².